The minimum Gasteiger partial charge on any atom is -0.466 e. The molecule has 7 heteroatoms. The SMILES string of the molecule is CCOC(=O)CCC(=O)N1CCN(Cc2nc(C(C)(C)C)cs2)CC1. The lowest BCUT2D eigenvalue weighted by molar-refractivity contribution is -0.146. The molecule has 0 saturated carbocycles. The first-order valence-electron chi connectivity index (χ1n) is 8.90. The fourth-order valence-electron chi connectivity index (χ4n) is 2.67. The van der Waals surface area contributed by atoms with Gasteiger partial charge in [-0.3, -0.25) is 14.5 Å². The number of piperazine rings is 1. The molecule has 2 rings (SSSR count). The third-order valence-corrected chi connectivity index (χ3v) is 5.09. The molecule has 1 aromatic rings. The maximum Gasteiger partial charge on any atom is 0.306 e. The van der Waals surface area contributed by atoms with E-state index in [-0.39, 0.29) is 30.1 Å². The molecule has 0 N–H and O–H groups in total. The topological polar surface area (TPSA) is 62.7 Å². The van der Waals surface area contributed by atoms with Gasteiger partial charge in [-0.15, -0.1) is 11.3 Å². The minimum atomic E-state index is -0.298. The van der Waals surface area contributed by atoms with Gasteiger partial charge in [-0.05, 0) is 6.92 Å². The van der Waals surface area contributed by atoms with Gasteiger partial charge in [-0.25, -0.2) is 4.98 Å². The van der Waals surface area contributed by atoms with Crippen molar-refractivity contribution in [1.29, 1.82) is 0 Å². The number of carbonyl (C=O) groups excluding carboxylic acids is 2. The van der Waals surface area contributed by atoms with Crippen LogP contribution in [0.2, 0.25) is 0 Å². The second-order valence-corrected chi connectivity index (χ2v) is 8.28. The fraction of sp³-hybridized carbons (Fsp3) is 0.722. The molecule has 140 valence electrons. The molecule has 6 nitrogen and oxygen atoms in total. The van der Waals surface area contributed by atoms with E-state index in [4.69, 9.17) is 9.72 Å². The molecule has 1 aliphatic heterocycles. The lowest BCUT2D eigenvalue weighted by atomic mass is 9.93. The Balaban J connectivity index is 1.75. The van der Waals surface area contributed by atoms with Crippen LogP contribution in [0.1, 0.15) is 51.2 Å². The number of ether oxygens (including phenoxy) is 1. The van der Waals surface area contributed by atoms with Crippen LogP contribution in [0.25, 0.3) is 0 Å². The molecule has 0 aromatic carbocycles. The lowest BCUT2D eigenvalue weighted by Crippen LogP contribution is -2.48. The summed E-state index contributed by atoms with van der Waals surface area (Å²) in [7, 11) is 0. The Bertz CT molecular complexity index is 587. The minimum absolute atomic E-state index is 0.0389. The molecular weight excluding hydrogens is 338 g/mol. The molecule has 25 heavy (non-hydrogen) atoms. The van der Waals surface area contributed by atoms with Gasteiger partial charge < -0.3 is 9.64 Å². The maximum absolute atomic E-state index is 12.2. The summed E-state index contributed by atoms with van der Waals surface area (Å²) < 4.78 is 4.87. The fourth-order valence-corrected chi connectivity index (χ4v) is 3.74. The highest BCUT2D eigenvalue weighted by Gasteiger charge is 2.23. The summed E-state index contributed by atoms with van der Waals surface area (Å²) in [5, 5.41) is 3.27. The van der Waals surface area contributed by atoms with Gasteiger partial charge in [0, 0.05) is 43.4 Å². The molecule has 1 aromatic heterocycles. The summed E-state index contributed by atoms with van der Waals surface area (Å²) in [5.41, 5.74) is 1.22. The summed E-state index contributed by atoms with van der Waals surface area (Å²) in [4.78, 5) is 32.4. The first-order chi connectivity index (χ1) is 11.8. The number of rotatable bonds is 6. The smallest absolute Gasteiger partial charge is 0.306 e. The van der Waals surface area contributed by atoms with Gasteiger partial charge in [-0.1, -0.05) is 20.8 Å². The van der Waals surface area contributed by atoms with Crippen LogP contribution in [-0.4, -0.2) is 59.4 Å². The van der Waals surface area contributed by atoms with Crippen molar-refractivity contribution >= 4 is 23.2 Å². The summed E-state index contributed by atoms with van der Waals surface area (Å²) >= 11 is 1.71. The predicted octanol–water partition coefficient (Wildman–Crippen LogP) is 2.43. The molecule has 1 aliphatic rings. The Morgan fingerprint density at radius 2 is 1.88 bits per heavy atom. The van der Waals surface area contributed by atoms with E-state index < -0.39 is 0 Å². The Morgan fingerprint density at radius 1 is 1.20 bits per heavy atom. The average molecular weight is 368 g/mol. The summed E-state index contributed by atoms with van der Waals surface area (Å²) in [5.74, 6) is -0.259. The highest BCUT2D eigenvalue weighted by molar-refractivity contribution is 7.09. The zero-order chi connectivity index (χ0) is 18.4. The number of esters is 1. The highest BCUT2D eigenvalue weighted by Crippen LogP contribution is 2.24. The van der Waals surface area contributed by atoms with E-state index in [1.54, 1.807) is 18.3 Å². The molecule has 0 bridgehead atoms. The zero-order valence-electron chi connectivity index (χ0n) is 15.7. The van der Waals surface area contributed by atoms with E-state index in [0.29, 0.717) is 19.7 Å². The van der Waals surface area contributed by atoms with Crippen molar-refractivity contribution in [2.45, 2.75) is 52.5 Å². The van der Waals surface area contributed by atoms with Gasteiger partial charge in [0.1, 0.15) is 5.01 Å². The predicted molar refractivity (Wildman–Crippen MR) is 98.5 cm³/mol. The highest BCUT2D eigenvalue weighted by atomic mass is 32.1. The maximum atomic E-state index is 12.2. The largest absolute Gasteiger partial charge is 0.466 e. The molecular formula is C18H29N3O3S. The van der Waals surface area contributed by atoms with Crippen LogP contribution in [0.4, 0.5) is 0 Å². The van der Waals surface area contributed by atoms with Crippen LogP contribution < -0.4 is 0 Å². The molecule has 0 atom stereocenters. The third-order valence-electron chi connectivity index (χ3n) is 4.25. The number of nitrogens with zero attached hydrogens (tertiary/aromatic N) is 3. The Hall–Kier alpha value is -1.47. The molecule has 1 fully saturated rings. The second kappa shape index (κ2) is 8.76. The van der Waals surface area contributed by atoms with Crippen LogP contribution in [0.15, 0.2) is 5.38 Å². The second-order valence-electron chi connectivity index (χ2n) is 7.34. The van der Waals surface area contributed by atoms with Gasteiger partial charge >= 0.3 is 5.97 Å². The number of hydrogen-bond acceptors (Lipinski definition) is 6. The van der Waals surface area contributed by atoms with E-state index in [1.807, 2.05) is 4.90 Å². The van der Waals surface area contributed by atoms with Crippen molar-refractivity contribution in [2.24, 2.45) is 0 Å². The van der Waals surface area contributed by atoms with Crippen LogP contribution in [0.5, 0.6) is 0 Å². The number of aromatic nitrogens is 1. The lowest BCUT2D eigenvalue weighted by Gasteiger charge is -2.34. The van der Waals surface area contributed by atoms with Crippen molar-refractivity contribution in [3.8, 4) is 0 Å². The van der Waals surface area contributed by atoms with Crippen molar-refractivity contribution in [3.63, 3.8) is 0 Å². The average Bonchev–Trinajstić information content (AvgIpc) is 3.02. The standard InChI is InChI=1S/C18H29N3O3S/c1-5-24-17(23)7-6-16(22)21-10-8-20(9-11-21)12-15-19-14(13-25-15)18(2,3)4/h13H,5-12H2,1-4H3. The number of hydrogen-bond donors (Lipinski definition) is 0. The van der Waals surface area contributed by atoms with Gasteiger partial charge in [0.15, 0.2) is 0 Å². The normalized spacial score (nSPS) is 16.1. The summed E-state index contributed by atoms with van der Waals surface area (Å²) in [6, 6.07) is 0. The van der Waals surface area contributed by atoms with E-state index >= 15 is 0 Å². The van der Waals surface area contributed by atoms with Crippen LogP contribution >= 0.6 is 11.3 Å². The first-order valence-corrected chi connectivity index (χ1v) is 9.78. The number of thiazole rings is 1. The van der Waals surface area contributed by atoms with E-state index in [0.717, 1.165) is 30.3 Å². The molecule has 1 amide bonds. The van der Waals surface area contributed by atoms with E-state index in [2.05, 4.69) is 31.1 Å². The number of amides is 1. The van der Waals surface area contributed by atoms with Gasteiger partial charge in [0.25, 0.3) is 0 Å². The van der Waals surface area contributed by atoms with E-state index in [9.17, 15) is 9.59 Å². The third kappa shape index (κ3) is 6.08. The van der Waals surface area contributed by atoms with Gasteiger partial charge in [-0.2, -0.15) is 0 Å². The molecule has 2 heterocycles. The van der Waals surface area contributed by atoms with Gasteiger partial charge in [0.05, 0.1) is 25.3 Å². The first kappa shape index (κ1) is 19.8. The summed E-state index contributed by atoms with van der Waals surface area (Å²) in [6.07, 6.45) is 0.405. The van der Waals surface area contributed by atoms with Crippen LogP contribution in [-0.2, 0) is 26.3 Å². The number of carbonyl (C=O) groups is 2. The van der Waals surface area contributed by atoms with Crippen molar-refractivity contribution in [3.05, 3.63) is 16.1 Å². The van der Waals surface area contributed by atoms with Crippen molar-refractivity contribution in [2.75, 3.05) is 32.8 Å². The van der Waals surface area contributed by atoms with Gasteiger partial charge in [0.2, 0.25) is 5.91 Å². The Kier molecular flexibility index (Phi) is 6.95. The van der Waals surface area contributed by atoms with Crippen LogP contribution in [0.3, 0.4) is 0 Å². The molecule has 0 unspecified atom stereocenters. The molecule has 0 aliphatic carbocycles. The quantitative estimate of drug-likeness (QED) is 0.723. The van der Waals surface area contributed by atoms with Crippen molar-refractivity contribution < 1.29 is 14.3 Å². The zero-order valence-corrected chi connectivity index (χ0v) is 16.5. The Morgan fingerprint density at radius 3 is 2.44 bits per heavy atom. The van der Waals surface area contributed by atoms with Crippen LogP contribution in [0, 0.1) is 0 Å². The Labute approximate surface area is 154 Å². The van der Waals surface area contributed by atoms with E-state index in [1.165, 1.54) is 0 Å². The monoisotopic (exact) mass is 367 g/mol. The molecule has 0 spiro atoms. The molecule has 1 saturated heterocycles. The summed E-state index contributed by atoms with van der Waals surface area (Å²) in [6.45, 7) is 12.6. The van der Waals surface area contributed by atoms with Crippen molar-refractivity contribution in [1.82, 2.24) is 14.8 Å². The molecule has 0 radical (unpaired) electrons.